The number of carbonyl (C=O) groups excluding carboxylic acids is 1. The van der Waals surface area contributed by atoms with E-state index in [-0.39, 0.29) is 12.3 Å². The molecule has 2 rings (SSSR count). The average molecular weight is 376 g/mol. The third kappa shape index (κ3) is 3.61. The number of benzene rings is 1. The fourth-order valence-electron chi connectivity index (χ4n) is 3.01. The molecule has 1 unspecified atom stereocenters. The van der Waals surface area contributed by atoms with Crippen LogP contribution in [0.15, 0.2) is 12.1 Å². The molecule has 0 aliphatic heterocycles. The minimum Gasteiger partial charge on any atom is -0.493 e. The Morgan fingerprint density at radius 3 is 2.37 bits per heavy atom. The molecule has 0 spiro atoms. The Morgan fingerprint density at radius 1 is 1.22 bits per heavy atom. The molecule has 0 bridgehead atoms. The summed E-state index contributed by atoms with van der Waals surface area (Å²) in [5, 5.41) is 18.1. The number of nitrogens with one attached hydrogen (secondary N) is 2. The molecule has 1 aromatic heterocycles. The molecule has 0 radical (unpaired) electrons. The SMILES string of the molecule is CCOC(=O)c1[nH]c(C=N)c(-c2ccc(OC)c(OC)c2OC)c1C(C)O. The summed E-state index contributed by atoms with van der Waals surface area (Å²) < 4.78 is 21.3. The van der Waals surface area contributed by atoms with Crippen molar-refractivity contribution in [3.05, 3.63) is 29.1 Å². The quantitative estimate of drug-likeness (QED) is 0.482. The van der Waals surface area contributed by atoms with Crippen LogP contribution in [0.2, 0.25) is 0 Å². The molecule has 1 aromatic carbocycles. The molecule has 0 amide bonds. The number of rotatable bonds is 8. The van der Waals surface area contributed by atoms with Crippen LogP contribution in [0, 0.1) is 5.41 Å². The first kappa shape index (κ1) is 20.3. The predicted molar refractivity (Wildman–Crippen MR) is 100 cm³/mol. The standard InChI is InChI=1S/C19H24N2O6/c1-6-27-19(23)16-14(10(2)22)15(12(9-20)21-16)11-7-8-13(24-3)18(26-5)17(11)25-4/h7-10,20-22H,6H2,1-5H3. The van der Waals surface area contributed by atoms with Crippen molar-refractivity contribution in [2.75, 3.05) is 27.9 Å². The molecule has 8 heteroatoms. The van der Waals surface area contributed by atoms with Crippen molar-refractivity contribution in [2.24, 2.45) is 0 Å². The Kier molecular flexibility index (Phi) is 6.46. The Morgan fingerprint density at radius 2 is 1.89 bits per heavy atom. The highest BCUT2D eigenvalue weighted by Gasteiger charge is 2.29. The molecule has 8 nitrogen and oxygen atoms in total. The molecule has 1 heterocycles. The van der Waals surface area contributed by atoms with Gasteiger partial charge in [-0.25, -0.2) is 4.79 Å². The van der Waals surface area contributed by atoms with Crippen molar-refractivity contribution in [1.29, 1.82) is 5.41 Å². The third-order valence-corrected chi connectivity index (χ3v) is 4.08. The summed E-state index contributed by atoms with van der Waals surface area (Å²) >= 11 is 0. The lowest BCUT2D eigenvalue weighted by Gasteiger charge is -2.17. The van der Waals surface area contributed by atoms with E-state index in [4.69, 9.17) is 24.4 Å². The number of hydrogen-bond donors (Lipinski definition) is 3. The summed E-state index contributed by atoms with van der Waals surface area (Å²) in [7, 11) is 4.47. The average Bonchev–Trinajstić information content (AvgIpc) is 3.06. The summed E-state index contributed by atoms with van der Waals surface area (Å²) in [5.74, 6) is 0.580. The normalized spacial score (nSPS) is 11.6. The summed E-state index contributed by atoms with van der Waals surface area (Å²) in [4.78, 5) is 15.2. The minimum absolute atomic E-state index is 0.0946. The van der Waals surface area contributed by atoms with Gasteiger partial charge in [0.25, 0.3) is 0 Å². The number of methoxy groups -OCH3 is 3. The van der Waals surface area contributed by atoms with Gasteiger partial charge in [0.2, 0.25) is 5.75 Å². The van der Waals surface area contributed by atoms with E-state index in [2.05, 4.69) is 4.98 Å². The van der Waals surface area contributed by atoms with Crippen LogP contribution in [0.4, 0.5) is 0 Å². The zero-order valence-corrected chi connectivity index (χ0v) is 16.0. The van der Waals surface area contributed by atoms with E-state index in [1.807, 2.05) is 0 Å². The van der Waals surface area contributed by atoms with Crippen molar-refractivity contribution >= 4 is 12.2 Å². The van der Waals surface area contributed by atoms with Crippen LogP contribution in [0.5, 0.6) is 17.2 Å². The van der Waals surface area contributed by atoms with Gasteiger partial charge in [-0.15, -0.1) is 0 Å². The number of carbonyl (C=O) groups is 1. The highest BCUT2D eigenvalue weighted by molar-refractivity contribution is 5.99. The van der Waals surface area contributed by atoms with E-state index in [1.54, 1.807) is 19.1 Å². The molecule has 1 atom stereocenters. The van der Waals surface area contributed by atoms with E-state index in [1.165, 1.54) is 28.3 Å². The Balaban J connectivity index is 2.86. The molecule has 3 N–H and O–H groups in total. The van der Waals surface area contributed by atoms with Gasteiger partial charge in [0.05, 0.1) is 39.7 Å². The van der Waals surface area contributed by atoms with E-state index >= 15 is 0 Å². The first-order valence-electron chi connectivity index (χ1n) is 8.35. The van der Waals surface area contributed by atoms with Crippen LogP contribution in [0.1, 0.15) is 41.7 Å². The van der Waals surface area contributed by atoms with Gasteiger partial charge in [0.1, 0.15) is 5.69 Å². The molecule has 0 fully saturated rings. The van der Waals surface area contributed by atoms with E-state index in [0.717, 1.165) is 6.21 Å². The molecular weight excluding hydrogens is 352 g/mol. The van der Waals surface area contributed by atoms with Gasteiger partial charge in [-0.1, -0.05) is 0 Å². The number of aliphatic hydroxyl groups is 1. The van der Waals surface area contributed by atoms with Crippen LogP contribution in [-0.4, -0.2) is 50.2 Å². The second kappa shape index (κ2) is 8.59. The largest absolute Gasteiger partial charge is 0.493 e. The lowest BCUT2D eigenvalue weighted by Crippen LogP contribution is -2.09. The van der Waals surface area contributed by atoms with E-state index in [9.17, 15) is 9.90 Å². The molecule has 27 heavy (non-hydrogen) atoms. The van der Waals surface area contributed by atoms with Crippen LogP contribution in [0.25, 0.3) is 11.1 Å². The second-order valence-corrected chi connectivity index (χ2v) is 5.63. The fraction of sp³-hybridized carbons (Fsp3) is 0.368. The molecule has 0 saturated carbocycles. The highest BCUT2D eigenvalue weighted by Crippen LogP contribution is 2.47. The van der Waals surface area contributed by atoms with Crippen LogP contribution >= 0.6 is 0 Å². The van der Waals surface area contributed by atoms with Gasteiger partial charge in [0.15, 0.2) is 11.5 Å². The van der Waals surface area contributed by atoms with Gasteiger partial charge in [-0.3, -0.25) is 0 Å². The molecule has 0 aliphatic rings. The van der Waals surface area contributed by atoms with Crippen molar-refractivity contribution in [1.82, 2.24) is 4.98 Å². The number of aromatic nitrogens is 1. The van der Waals surface area contributed by atoms with Crippen LogP contribution in [0.3, 0.4) is 0 Å². The van der Waals surface area contributed by atoms with Crippen molar-refractivity contribution < 1.29 is 28.8 Å². The molecule has 0 saturated heterocycles. The van der Waals surface area contributed by atoms with Crippen molar-refractivity contribution in [3.8, 4) is 28.4 Å². The van der Waals surface area contributed by atoms with Crippen LogP contribution in [-0.2, 0) is 4.74 Å². The predicted octanol–water partition coefficient (Wildman–Crippen LogP) is 2.94. The number of hydrogen-bond acceptors (Lipinski definition) is 7. The number of aromatic amines is 1. The monoisotopic (exact) mass is 376 g/mol. The summed E-state index contributed by atoms with van der Waals surface area (Å²) in [6.07, 6.45) is 0.0715. The minimum atomic E-state index is -0.998. The number of ether oxygens (including phenoxy) is 4. The van der Waals surface area contributed by atoms with Crippen LogP contribution < -0.4 is 14.2 Å². The summed E-state index contributed by atoms with van der Waals surface area (Å²) in [6, 6.07) is 3.41. The lowest BCUT2D eigenvalue weighted by atomic mass is 9.95. The smallest absolute Gasteiger partial charge is 0.355 e. The maximum atomic E-state index is 12.3. The summed E-state index contributed by atoms with van der Waals surface area (Å²) in [5.41, 5.74) is 1.74. The molecular formula is C19H24N2O6. The van der Waals surface area contributed by atoms with Gasteiger partial charge >= 0.3 is 5.97 Å². The highest BCUT2D eigenvalue weighted by atomic mass is 16.5. The van der Waals surface area contributed by atoms with Gasteiger partial charge in [-0.05, 0) is 26.0 Å². The maximum absolute atomic E-state index is 12.3. The van der Waals surface area contributed by atoms with E-state index in [0.29, 0.717) is 39.6 Å². The second-order valence-electron chi connectivity index (χ2n) is 5.63. The van der Waals surface area contributed by atoms with Gasteiger partial charge in [-0.2, -0.15) is 0 Å². The molecule has 2 aromatic rings. The zero-order valence-electron chi connectivity index (χ0n) is 16.0. The number of H-pyrrole nitrogens is 1. The third-order valence-electron chi connectivity index (χ3n) is 4.08. The first-order valence-corrected chi connectivity index (χ1v) is 8.35. The fourth-order valence-corrected chi connectivity index (χ4v) is 3.01. The summed E-state index contributed by atoms with van der Waals surface area (Å²) in [6.45, 7) is 3.42. The first-order chi connectivity index (χ1) is 12.9. The molecule has 146 valence electrons. The Labute approximate surface area is 157 Å². The molecule has 0 aliphatic carbocycles. The van der Waals surface area contributed by atoms with E-state index < -0.39 is 12.1 Å². The Bertz CT molecular complexity index is 841. The topological polar surface area (TPSA) is 114 Å². The van der Waals surface area contributed by atoms with Gasteiger partial charge < -0.3 is 34.4 Å². The van der Waals surface area contributed by atoms with Gasteiger partial charge in [0, 0.05) is 22.9 Å². The lowest BCUT2D eigenvalue weighted by molar-refractivity contribution is 0.0514. The zero-order chi connectivity index (χ0) is 20.1. The Hall–Kier alpha value is -3.00. The number of aliphatic hydroxyl groups excluding tert-OH is 1. The van der Waals surface area contributed by atoms with Crippen molar-refractivity contribution in [2.45, 2.75) is 20.0 Å². The number of esters is 1. The van der Waals surface area contributed by atoms with Crippen molar-refractivity contribution in [3.63, 3.8) is 0 Å². The maximum Gasteiger partial charge on any atom is 0.355 e.